The smallest absolute Gasteiger partial charge is 0.311 e. The summed E-state index contributed by atoms with van der Waals surface area (Å²) in [4.78, 5) is 40.5. The van der Waals surface area contributed by atoms with E-state index in [0.717, 1.165) is 6.07 Å². The highest BCUT2D eigenvalue weighted by molar-refractivity contribution is 6.10. The number of morpholine rings is 1. The molecule has 0 aromatic heterocycles. The molecule has 32 heavy (non-hydrogen) atoms. The van der Waals surface area contributed by atoms with Gasteiger partial charge in [-0.2, -0.15) is 0 Å². The summed E-state index contributed by atoms with van der Waals surface area (Å²) in [6.07, 6.45) is -0.536. The summed E-state index contributed by atoms with van der Waals surface area (Å²) in [6.45, 7) is 2.69. The van der Waals surface area contributed by atoms with Crippen LogP contribution in [0.3, 0.4) is 0 Å². The van der Waals surface area contributed by atoms with E-state index < -0.39 is 28.6 Å². The molecule has 2 heterocycles. The lowest BCUT2D eigenvalue weighted by molar-refractivity contribution is -0.385. The molecule has 1 fully saturated rings. The van der Waals surface area contributed by atoms with E-state index in [1.165, 1.54) is 24.1 Å². The molecule has 2 aromatic rings. The van der Waals surface area contributed by atoms with Gasteiger partial charge in [-0.1, -0.05) is 18.2 Å². The molecule has 4 rings (SSSR count). The van der Waals surface area contributed by atoms with Crippen molar-refractivity contribution < 1.29 is 29.1 Å². The Labute approximate surface area is 184 Å². The summed E-state index contributed by atoms with van der Waals surface area (Å²) in [5.41, 5.74) is -1.52. The van der Waals surface area contributed by atoms with Gasteiger partial charge in [0.05, 0.1) is 44.0 Å². The second-order valence-corrected chi connectivity index (χ2v) is 7.73. The highest BCUT2D eigenvalue weighted by Crippen LogP contribution is 2.43. The maximum absolute atomic E-state index is 13.3. The molecule has 0 radical (unpaired) electrons. The molecule has 1 atom stereocenters. The number of Topliss-reactive ketones (excluding diaryl/α,β-unsaturated/α-hetero) is 1. The Morgan fingerprint density at radius 2 is 1.97 bits per heavy atom. The number of amides is 1. The van der Waals surface area contributed by atoms with Gasteiger partial charge in [-0.3, -0.25) is 29.5 Å². The van der Waals surface area contributed by atoms with Crippen LogP contribution in [0.15, 0.2) is 42.5 Å². The second-order valence-electron chi connectivity index (χ2n) is 7.73. The van der Waals surface area contributed by atoms with Crippen molar-refractivity contribution >= 4 is 23.1 Å². The molecular weight excluding hydrogens is 418 g/mol. The highest BCUT2D eigenvalue weighted by atomic mass is 16.6. The van der Waals surface area contributed by atoms with Crippen LogP contribution in [0.2, 0.25) is 0 Å². The van der Waals surface area contributed by atoms with Crippen molar-refractivity contribution in [1.82, 2.24) is 4.90 Å². The Bertz CT molecular complexity index is 1070. The molecule has 10 heteroatoms. The van der Waals surface area contributed by atoms with E-state index >= 15 is 0 Å². The fourth-order valence-electron chi connectivity index (χ4n) is 4.10. The number of nitrogens with zero attached hydrogens (tertiary/aromatic N) is 3. The number of benzene rings is 2. The summed E-state index contributed by atoms with van der Waals surface area (Å²) >= 11 is 0. The Morgan fingerprint density at radius 3 is 2.66 bits per heavy atom. The molecule has 2 aliphatic rings. The molecule has 0 spiro atoms. The van der Waals surface area contributed by atoms with Crippen LogP contribution in [0.5, 0.6) is 5.75 Å². The van der Waals surface area contributed by atoms with Gasteiger partial charge in [0, 0.05) is 30.3 Å². The third-order valence-corrected chi connectivity index (χ3v) is 5.80. The maximum atomic E-state index is 13.3. The minimum Gasteiger partial charge on any atom is -0.490 e. The van der Waals surface area contributed by atoms with Gasteiger partial charge in [-0.05, 0) is 18.2 Å². The van der Waals surface area contributed by atoms with E-state index in [2.05, 4.69) is 0 Å². The fraction of sp³-hybridized carbons (Fsp3) is 0.364. The summed E-state index contributed by atoms with van der Waals surface area (Å²) in [5.74, 6) is -1.17. The predicted octanol–water partition coefficient (Wildman–Crippen LogP) is 1.70. The first-order valence-electron chi connectivity index (χ1n) is 10.1. The lowest BCUT2D eigenvalue weighted by atomic mass is 9.88. The first kappa shape index (κ1) is 21.9. The zero-order valence-electron chi connectivity index (χ0n) is 17.5. The molecule has 0 saturated carbocycles. The molecule has 1 amide bonds. The summed E-state index contributed by atoms with van der Waals surface area (Å²) < 4.78 is 10.3. The van der Waals surface area contributed by atoms with E-state index in [0.29, 0.717) is 37.6 Å². The first-order chi connectivity index (χ1) is 15.3. The summed E-state index contributed by atoms with van der Waals surface area (Å²) in [5, 5.41) is 22.7. The van der Waals surface area contributed by atoms with Crippen molar-refractivity contribution in [2.24, 2.45) is 0 Å². The molecule has 1 saturated heterocycles. The van der Waals surface area contributed by atoms with Crippen LogP contribution in [0.25, 0.3) is 0 Å². The first-order valence-corrected chi connectivity index (χ1v) is 10.1. The average Bonchev–Trinajstić information content (AvgIpc) is 3.01. The number of nitro benzene ring substituents is 1. The lowest BCUT2D eigenvalue weighted by Crippen LogP contribution is -2.49. The number of aliphatic hydroxyl groups is 1. The van der Waals surface area contributed by atoms with Gasteiger partial charge in [0.25, 0.3) is 5.91 Å². The van der Waals surface area contributed by atoms with Gasteiger partial charge in [0.15, 0.2) is 17.1 Å². The van der Waals surface area contributed by atoms with Gasteiger partial charge in [0.2, 0.25) is 0 Å². The Hall–Kier alpha value is -3.34. The fourth-order valence-corrected chi connectivity index (χ4v) is 4.10. The number of para-hydroxylation sites is 1. The van der Waals surface area contributed by atoms with Crippen molar-refractivity contribution in [3.05, 3.63) is 63.7 Å². The van der Waals surface area contributed by atoms with Crippen LogP contribution in [-0.4, -0.2) is 66.7 Å². The Morgan fingerprint density at radius 1 is 1.25 bits per heavy atom. The third-order valence-electron chi connectivity index (χ3n) is 5.80. The number of hydrogen-bond donors (Lipinski definition) is 1. The van der Waals surface area contributed by atoms with Crippen LogP contribution in [0.4, 0.5) is 11.4 Å². The van der Waals surface area contributed by atoms with Crippen LogP contribution in [-0.2, 0) is 15.1 Å². The average molecular weight is 441 g/mol. The molecular formula is C22H23N3O7. The standard InChI is InChI=1S/C22H23N3O7/c1-31-20-7-6-15(12-18(20)25(29)30)19(26)13-22(28)16-4-2-3-5-17(16)24(21(22)27)14-23-8-10-32-11-9-23/h2-7,12,28H,8-11,13-14H2,1H3/t22-/m1/s1. The molecule has 1 N–H and O–H groups in total. The minimum atomic E-state index is -2.06. The molecule has 2 aromatic carbocycles. The number of fused-ring (bicyclic) bond motifs is 1. The number of carbonyl (C=O) groups is 2. The van der Waals surface area contributed by atoms with Crippen LogP contribution >= 0.6 is 0 Å². The molecule has 10 nitrogen and oxygen atoms in total. The van der Waals surface area contributed by atoms with Crippen molar-refractivity contribution in [2.75, 3.05) is 45.0 Å². The van der Waals surface area contributed by atoms with Crippen LogP contribution < -0.4 is 9.64 Å². The number of ether oxygens (including phenoxy) is 2. The van der Waals surface area contributed by atoms with Gasteiger partial charge in [-0.25, -0.2) is 0 Å². The van der Waals surface area contributed by atoms with E-state index in [9.17, 15) is 24.8 Å². The largest absolute Gasteiger partial charge is 0.490 e. The number of rotatable bonds is 7. The zero-order chi connectivity index (χ0) is 22.9. The number of ketones is 1. The Kier molecular flexibility index (Phi) is 5.92. The Balaban J connectivity index is 1.63. The van der Waals surface area contributed by atoms with Gasteiger partial charge < -0.3 is 14.6 Å². The van der Waals surface area contributed by atoms with Gasteiger partial charge >= 0.3 is 5.69 Å². The normalized spacial score (nSPS) is 20.8. The topological polar surface area (TPSA) is 122 Å². The second kappa shape index (κ2) is 8.65. The SMILES string of the molecule is COc1ccc(C(=O)C[C@]2(O)C(=O)N(CN3CCOCC3)c3ccccc32)cc1[N+](=O)[O-]. The molecule has 0 aliphatic carbocycles. The summed E-state index contributed by atoms with van der Waals surface area (Å²) in [7, 11) is 1.30. The lowest BCUT2D eigenvalue weighted by Gasteiger charge is -2.31. The number of nitro groups is 1. The summed E-state index contributed by atoms with van der Waals surface area (Å²) in [6, 6.07) is 10.6. The number of carbonyl (C=O) groups excluding carboxylic acids is 2. The maximum Gasteiger partial charge on any atom is 0.311 e. The molecule has 168 valence electrons. The monoisotopic (exact) mass is 441 g/mol. The van der Waals surface area contributed by atoms with Gasteiger partial charge in [0.1, 0.15) is 0 Å². The highest BCUT2D eigenvalue weighted by Gasteiger charge is 2.51. The van der Waals surface area contributed by atoms with Gasteiger partial charge in [-0.15, -0.1) is 0 Å². The predicted molar refractivity (Wildman–Crippen MR) is 114 cm³/mol. The van der Waals surface area contributed by atoms with Crippen molar-refractivity contribution in [2.45, 2.75) is 12.0 Å². The third kappa shape index (κ3) is 3.83. The van der Waals surface area contributed by atoms with E-state index in [-0.39, 0.29) is 23.7 Å². The molecule has 0 bridgehead atoms. The van der Waals surface area contributed by atoms with Crippen molar-refractivity contribution in [3.8, 4) is 5.75 Å². The molecule has 0 unspecified atom stereocenters. The van der Waals surface area contributed by atoms with E-state index in [1.54, 1.807) is 24.3 Å². The van der Waals surface area contributed by atoms with Crippen LogP contribution in [0, 0.1) is 10.1 Å². The number of methoxy groups -OCH3 is 1. The van der Waals surface area contributed by atoms with Crippen molar-refractivity contribution in [1.29, 1.82) is 0 Å². The minimum absolute atomic E-state index is 0.0165. The van der Waals surface area contributed by atoms with E-state index in [4.69, 9.17) is 9.47 Å². The number of anilines is 1. The quantitative estimate of drug-likeness (QED) is 0.391. The van der Waals surface area contributed by atoms with E-state index in [1.807, 2.05) is 4.90 Å². The van der Waals surface area contributed by atoms with Crippen molar-refractivity contribution in [3.63, 3.8) is 0 Å². The zero-order valence-corrected chi connectivity index (χ0v) is 17.5. The molecule has 2 aliphatic heterocycles. The number of hydrogen-bond acceptors (Lipinski definition) is 8. The van der Waals surface area contributed by atoms with Crippen LogP contribution in [0.1, 0.15) is 22.3 Å².